The van der Waals surface area contributed by atoms with Crippen LogP contribution in [0.2, 0.25) is 0 Å². The van der Waals surface area contributed by atoms with E-state index in [0.29, 0.717) is 17.6 Å². The van der Waals surface area contributed by atoms with Gasteiger partial charge in [0.1, 0.15) is 11.6 Å². The van der Waals surface area contributed by atoms with Gasteiger partial charge >= 0.3 is 0 Å². The van der Waals surface area contributed by atoms with E-state index in [1.165, 1.54) is 11.6 Å². The number of aromatic nitrogens is 2. The van der Waals surface area contributed by atoms with E-state index in [1.807, 2.05) is 6.07 Å². The summed E-state index contributed by atoms with van der Waals surface area (Å²) in [5, 5.41) is 3.20. The Kier molecular flexibility index (Phi) is 4.34. The second-order valence-electron chi connectivity index (χ2n) is 4.74. The second-order valence-corrected chi connectivity index (χ2v) is 4.74. The summed E-state index contributed by atoms with van der Waals surface area (Å²) >= 11 is 0. The van der Waals surface area contributed by atoms with Crippen LogP contribution in [0.15, 0.2) is 41.2 Å². The van der Waals surface area contributed by atoms with E-state index in [0.717, 1.165) is 13.0 Å². The van der Waals surface area contributed by atoms with E-state index in [2.05, 4.69) is 46.5 Å². The minimum atomic E-state index is -0.119. The van der Waals surface area contributed by atoms with Gasteiger partial charge in [-0.2, -0.15) is 0 Å². The molecule has 0 radical (unpaired) electrons. The van der Waals surface area contributed by atoms with Crippen molar-refractivity contribution in [3.8, 4) is 0 Å². The molecule has 19 heavy (non-hydrogen) atoms. The normalized spacial score (nSPS) is 12.1. The quantitative estimate of drug-likeness (QED) is 0.865. The third kappa shape index (κ3) is 3.95. The van der Waals surface area contributed by atoms with Crippen LogP contribution in [0.3, 0.4) is 0 Å². The summed E-state index contributed by atoms with van der Waals surface area (Å²) < 4.78 is 0. The molecule has 4 heteroatoms. The van der Waals surface area contributed by atoms with Gasteiger partial charge in [-0.1, -0.05) is 37.3 Å². The maximum atomic E-state index is 11.3. The topological polar surface area (TPSA) is 57.8 Å². The fourth-order valence-electron chi connectivity index (χ4n) is 2.04. The van der Waals surface area contributed by atoms with Gasteiger partial charge < -0.3 is 10.3 Å². The predicted molar refractivity (Wildman–Crippen MR) is 77.6 cm³/mol. The average molecular weight is 257 g/mol. The highest BCUT2D eigenvalue weighted by Crippen LogP contribution is 2.18. The van der Waals surface area contributed by atoms with Crippen molar-refractivity contribution in [2.45, 2.75) is 26.2 Å². The van der Waals surface area contributed by atoms with Gasteiger partial charge in [0.2, 0.25) is 0 Å². The fourth-order valence-corrected chi connectivity index (χ4v) is 2.04. The van der Waals surface area contributed by atoms with Gasteiger partial charge in [0, 0.05) is 12.6 Å². The molecule has 0 saturated heterocycles. The number of nitrogens with one attached hydrogen (secondary N) is 2. The largest absolute Gasteiger partial charge is 0.370 e. The van der Waals surface area contributed by atoms with Crippen LogP contribution in [-0.4, -0.2) is 16.5 Å². The summed E-state index contributed by atoms with van der Waals surface area (Å²) in [7, 11) is 0. The Labute approximate surface area is 112 Å². The molecule has 1 heterocycles. The molecule has 0 fully saturated rings. The lowest BCUT2D eigenvalue weighted by Crippen LogP contribution is -2.13. The molecule has 1 aromatic carbocycles. The molecule has 0 aliphatic carbocycles. The number of nitrogens with zero attached hydrogens (tertiary/aromatic N) is 1. The van der Waals surface area contributed by atoms with Crippen LogP contribution < -0.4 is 10.9 Å². The molecule has 100 valence electrons. The van der Waals surface area contributed by atoms with Crippen LogP contribution >= 0.6 is 0 Å². The first-order valence-electron chi connectivity index (χ1n) is 6.52. The molecule has 0 aliphatic heterocycles. The van der Waals surface area contributed by atoms with E-state index in [-0.39, 0.29) is 5.56 Å². The lowest BCUT2D eigenvalue weighted by molar-refractivity contribution is 0.704. The molecule has 1 aromatic heterocycles. The van der Waals surface area contributed by atoms with Gasteiger partial charge in [-0.25, -0.2) is 4.98 Å². The summed E-state index contributed by atoms with van der Waals surface area (Å²) in [6, 6.07) is 11.9. The van der Waals surface area contributed by atoms with E-state index < -0.39 is 0 Å². The van der Waals surface area contributed by atoms with Crippen LogP contribution in [0.4, 0.5) is 5.82 Å². The monoisotopic (exact) mass is 257 g/mol. The lowest BCUT2D eigenvalue weighted by atomic mass is 9.98. The summed E-state index contributed by atoms with van der Waals surface area (Å²) in [5.41, 5.74) is 1.21. The molecule has 2 aromatic rings. The minimum Gasteiger partial charge on any atom is -0.370 e. The summed E-state index contributed by atoms with van der Waals surface area (Å²) in [6.45, 7) is 4.78. The number of rotatable bonds is 5. The average Bonchev–Trinajstić information content (AvgIpc) is 2.38. The Morgan fingerprint density at radius 1 is 1.32 bits per heavy atom. The Bertz CT molecular complexity index is 577. The number of aromatic amines is 1. The maximum Gasteiger partial charge on any atom is 0.252 e. The molecular formula is C15H19N3O. The standard InChI is InChI=1S/C15H19N3O/c1-11(13-6-4-3-5-7-13)8-9-16-14-10-15(19)18-12(2)17-14/h3-7,10-11H,8-9H2,1-2H3,(H2,16,17,18,19). The van der Waals surface area contributed by atoms with Crippen molar-refractivity contribution in [2.24, 2.45) is 0 Å². The highest BCUT2D eigenvalue weighted by molar-refractivity contribution is 5.32. The van der Waals surface area contributed by atoms with Crippen LogP contribution in [0, 0.1) is 6.92 Å². The highest BCUT2D eigenvalue weighted by Gasteiger charge is 2.04. The van der Waals surface area contributed by atoms with Crippen molar-refractivity contribution in [2.75, 3.05) is 11.9 Å². The van der Waals surface area contributed by atoms with E-state index in [1.54, 1.807) is 6.92 Å². The molecule has 0 spiro atoms. The van der Waals surface area contributed by atoms with Crippen molar-refractivity contribution in [1.82, 2.24) is 9.97 Å². The number of hydrogen-bond donors (Lipinski definition) is 2. The van der Waals surface area contributed by atoms with E-state index >= 15 is 0 Å². The van der Waals surface area contributed by atoms with Crippen LogP contribution in [0.5, 0.6) is 0 Å². The molecule has 0 amide bonds. The minimum absolute atomic E-state index is 0.119. The summed E-state index contributed by atoms with van der Waals surface area (Å²) in [4.78, 5) is 18.2. The van der Waals surface area contributed by atoms with Gasteiger partial charge in [-0.05, 0) is 24.8 Å². The molecule has 0 saturated carbocycles. The lowest BCUT2D eigenvalue weighted by Gasteiger charge is -2.12. The number of benzene rings is 1. The number of hydrogen-bond acceptors (Lipinski definition) is 3. The summed E-state index contributed by atoms with van der Waals surface area (Å²) in [5.74, 6) is 1.75. The van der Waals surface area contributed by atoms with Crippen molar-refractivity contribution in [3.05, 3.63) is 58.1 Å². The third-order valence-corrected chi connectivity index (χ3v) is 3.11. The second kappa shape index (κ2) is 6.18. The summed E-state index contributed by atoms with van der Waals surface area (Å²) in [6.07, 6.45) is 0.998. The molecule has 4 nitrogen and oxygen atoms in total. The third-order valence-electron chi connectivity index (χ3n) is 3.11. The Morgan fingerprint density at radius 2 is 2.05 bits per heavy atom. The van der Waals surface area contributed by atoms with Crippen molar-refractivity contribution >= 4 is 5.82 Å². The van der Waals surface area contributed by atoms with Crippen LogP contribution in [-0.2, 0) is 0 Å². The van der Waals surface area contributed by atoms with Gasteiger partial charge in [0.15, 0.2) is 0 Å². The predicted octanol–water partition coefficient (Wildman–Crippen LogP) is 2.68. The zero-order valence-corrected chi connectivity index (χ0v) is 11.3. The number of aryl methyl sites for hydroxylation is 1. The first-order chi connectivity index (χ1) is 9.15. The Hall–Kier alpha value is -2.10. The molecule has 2 N–H and O–H groups in total. The van der Waals surface area contributed by atoms with Gasteiger partial charge in [0.05, 0.1) is 0 Å². The Balaban J connectivity index is 1.88. The van der Waals surface area contributed by atoms with Gasteiger partial charge in [0.25, 0.3) is 5.56 Å². The number of H-pyrrole nitrogens is 1. The molecule has 1 unspecified atom stereocenters. The van der Waals surface area contributed by atoms with Crippen LogP contribution in [0.25, 0.3) is 0 Å². The molecule has 0 aliphatic rings. The SMILES string of the molecule is Cc1nc(NCCC(C)c2ccccc2)cc(=O)[nH]1. The number of anilines is 1. The zero-order chi connectivity index (χ0) is 13.7. The van der Waals surface area contributed by atoms with Crippen molar-refractivity contribution in [1.29, 1.82) is 0 Å². The highest BCUT2D eigenvalue weighted by atomic mass is 16.1. The first kappa shape index (κ1) is 13.3. The van der Waals surface area contributed by atoms with E-state index in [4.69, 9.17) is 0 Å². The van der Waals surface area contributed by atoms with Crippen molar-refractivity contribution in [3.63, 3.8) is 0 Å². The van der Waals surface area contributed by atoms with Crippen LogP contribution in [0.1, 0.15) is 30.7 Å². The molecule has 0 bridgehead atoms. The smallest absolute Gasteiger partial charge is 0.252 e. The molecule has 1 atom stereocenters. The fraction of sp³-hybridized carbons (Fsp3) is 0.333. The zero-order valence-electron chi connectivity index (χ0n) is 11.3. The Morgan fingerprint density at radius 3 is 2.74 bits per heavy atom. The van der Waals surface area contributed by atoms with Gasteiger partial charge in [-0.3, -0.25) is 4.79 Å². The van der Waals surface area contributed by atoms with Crippen molar-refractivity contribution < 1.29 is 0 Å². The van der Waals surface area contributed by atoms with E-state index in [9.17, 15) is 4.79 Å². The molecule has 2 rings (SSSR count). The van der Waals surface area contributed by atoms with Gasteiger partial charge in [-0.15, -0.1) is 0 Å². The molecular weight excluding hydrogens is 238 g/mol. The maximum absolute atomic E-state index is 11.3. The first-order valence-corrected chi connectivity index (χ1v) is 6.52.